The highest BCUT2D eigenvalue weighted by Gasteiger charge is 2.28. The number of aromatic nitrogens is 2. The van der Waals surface area contributed by atoms with Crippen molar-refractivity contribution in [3.63, 3.8) is 0 Å². The minimum atomic E-state index is -1.53. The molecule has 0 aliphatic heterocycles. The van der Waals surface area contributed by atoms with Gasteiger partial charge in [-0.3, -0.25) is 0 Å². The van der Waals surface area contributed by atoms with E-state index in [1.807, 2.05) is 0 Å². The van der Waals surface area contributed by atoms with Gasteiger partial charge in [0.2, 0.25) is 0 Å². The van der Waals surface area contributed by atoms with Gasteiger partial charge in [0, 0.05) is 11.5 Å². The number of nitrogens with zero attached hydrogens (tertiary/aromatic N) is 2. The van der Waals surface area contributed by atoms with Gasteiger partial charge in [0.1, 0.15) is 17.5 Å². The molecule has 0 radical (unpaired) electrons. The fourth-order valence-corrected chi connectivity index (χ4v) is 1.95. The molecule has 1 aromatic carbocycles. The molecule has 1 heterocycles. The maximum atomic E-state index is 13.7. The van der Waals surface area contributed by atoms with Gasteiger partial charge in [-0.1, -0.05) is 0 Å². The summed E-state index contributed by atoms with van der Waals surface area (Å²) >= 11 is 0. The largest absolute Gasteiger partial charge is 0.383 e. The van der Waals surface area contributed by atoms with Gasteiger partial charge in [0.25, 0.3) is 0 Å². The Labute approximate surface area is 119 Å². The summed E-state index contributed by atoms with van der Waals surface area (Å²) in [6, 6.07) is 1.96. The van der Waals surface area contributed by atoms with Crippen molar-refractivity contribution in [2.75, 3.05) is 11.1 Å². The lowest BCUT2D eigenvalue weighted by atomic mass is 10.2. The molecule has 1 saturated carbocycles. The van der Waals surface area contributed by atoms with Crippen LogP contribution < -0.4 is 11.1 Å². The first kappa shape index (κ1) is 13.7. The van der Waals surface area contributed by atoms with E-state index in [9.17, 15) is 13.2 Å². The predicted octanol–water partition coefficient (Wildman–Crippen LogP) is 3.41. The molecule has 0 bridgehead atoms. The lowest BCUT2D eigenvalue weighted by molar-refractivity contribution is 0.449. The van der Waals surface area contributed by atoms with Gasteiger partial charge in [-0.05, 0) is 31.9 Å². The molecule has 0 amide bonds. The molecular weight excluding hydrogens is 281 g/mol. The van der Waals surface area contributed by atoms with Crippen molar-refractivity contribution in [2.45, 2.75) is 25.7 Å². The normalized spacial score (nSPS) is 14.3. The SMILES string of the molecule is Cc1c(N)nc(C2CC2)nc1Nc1ccc(F)c(F)c1F. The van der Waals surface area contributed by atoms with Crippen molar-refractivity contribution in [3.05, 3.63) is 41.0 Å². The third kappa shape index (κ3) is 2.51. The molecule has 1 aliphatic carbocycles. The maximum absolute atomic E-state index is 13.7. The van der Waals surface area contributed by atoms with Crippen molar-refractivity contribution in [3.8, 4) is 0 Å². The van der Waals surface area contributed by atoms with Gasteiger partial charge in [-0.2, -0.15) is 0 Å². The number of nitrogens with one attached hydrogen (secondary N) is 1. The van der Waals surface area contributed by atoms with E-state index in [4.69, 9.17) is 5.73 Å². The molecule has 1 aromatic heterocycles. The van der Waals surface area contributed by atoms with Crippen LogP contribution in [0.4, 0.5) is 30.5 Å². The number of benzene rings is 1. The van der Waals surface area contributed by atoms with Crippen LogP contribution in [0, 0.1) is 24.4 Å². The van der Waals surface area contributed by atoms with Gasteiger partial charge in [0.05, 0.1) is 5.69 Å². The second-order valence-electron chi connectivity index (χ2n) is 5.06. The van der Waals surface area contributed by atoms with Crippen LogP contribution in [0.2, 0.25) is 0 Å². The van der Waals surface area contributed by atoms with Gasteiger partial charge < -0.3 is 11.1 Å². The van der Waals surface area contributed by atoms with Crippen LogP contribution in [-0.2, 0) is 0 Å². The summed E-state index contributed by atoms with van der Waals surface area (Å²) in [5.41, 5.74) is 6.15. The van der Waals surface area contributed by atoms with E-state index in [1.54, 1.807) is 6.92 Å². The van der Waals surface area contributed by atoms with Crippen molar-refractivity contribution in [1.82, 2.24) is 9.97 Å². The highest BCUT2D eigenvalue weighted by atomic mass is 19.2. The van der Waals surface area contributed by atoms with E-state index >= 15 is 0 Å². The third-order valence-electron chi connectivity index (χ3n) is 3.43. The van der Waals surface area contributed by atoms with E-state index in [-0.39, 0.29) is 17.4 Å². The number of anilines is 3. The lowest BCUT2D eigenvalue weighted by Crippen LogP contribution is -2.08. The molecule has 0 atom stereocenters. The molecule has 110 valence electrons. The predicted molar refractivity (Wildman–Crippen MR) is 72.8 cm³/mol. The van der Waals surface area contributed by atoms with Crippen LogP contribution >= 0.6 is 0 Å². The second kappa shape index (κ2) is 4.91. The van der Waals surface area contributed by atoms with Crippen molar-refractivity contribution in [2.24, 2.45) is 0 Å². The van der Waals surface area contributed by atoms with Crippen molar-refractivity contribution >= 4 is 17.3 Å². The molecular formula is C14H13F3N4. The Kier molecular flexibility index (Phi) is 3.19. The number of nitrogen functional groups attached to an aromatic ring is 1. The van der Waals surface area contributed by atoms with E-state index in [0.29, 0.717) is 17.2 Å². The van der Waals surface area contributed by atoms with E-state index < -0.39 is 17.5 Å². The summed E-state index contributed by atoms with van der Waals surface area (Å²) in [5.74, 6) is -2.61. The monoisotopic (exact) mass is 294 g/mol. The summed E-state index contributed by atoms with van der Waals surface area (Å²) in [6.45, 7) is 1.67. The molecule has 0 spiro atoms. The third-order valence-corrected chi connectivity index (χ3v) is 3.43. The van der Waals surface area contributed by atoms with Crippen LogP contribution in [0.5, 0.6) is 0 Å². The zero-order valence-electron chi connectivity index (χ0n) is 11.3. The first-order valence-corrected chi connectivity index (χ1v) is 6.52. The van der Waals surface area contributed by atoms with Crippen LogP contribution in [0.1, 0.15) is 30.1 Å². The Morgan fingerprint density at radius 1 is 1.14 bits per heavy atom. The molecule has 3 N–H and O–H groups in total. The Bertz CT molecular complexity index is 714. The summed E-state index contributed by atoms with van der Waals surface area (Å²) in [5, 5.41) is 2.66. The van der Waals surface area contributed by atoms with Crippen LogP contribution in [0.3, 0.4) is 0 Å². The van der Waals surface area contributed by atoms with E-state index in [2.05, 4.69) is 15.3 Å². The smallest absolute Gasteiger partial charge is 0.196 e. The summed E-state index contributed by atoms with van der Waals surface area (Å²) < 4.78 is 39.9. The summed E-state index contributed by atoms with van der Waals surface area (Å²) in [7, 11) is 0. The van der Waals surface area contributed by atoms with Crippen molar-refractivity contribution < 1.29 is 13.2 Å². The Hall–Kier alpha value is -2.31. The quantitative estimate of drug-likeness (QED) is 0.852. The van der Waals surface area contributed by atoms with Crippen molar-refractivity contribution in [1.29, 1.82) is 0 Å². The van der Waals surface area contributed by atoms with Gasteiger partial charge in [0.15, 0.2) is 17.5 Å². The fourth-order valence-electron chi connectivity index (χ4n) is 1.95. The topological polar surface area (TPSA) is 63.8 Å². The summed E-state index contributed by atoms with van der Waals surface area (Å²) in [6.07, 6.45) is 1.98. The molecule has 3 rings (SSSR count). The van der Waals surface area contributed by atoms with Crippen LogP contribution in [-0.4, -0.2) is 9.97 Å². The minimum absolute atomic E-state index is 0.197. The molecule has 0 unspecified atom stereocenters. The standard InChI is InChI=1S/C14H13F3N4/c1-6-12(18)20-14(7-2-3-7)21-13(6)19-9-5-4-8(15)10(16)11(9)17/h4-5,7H,2-3H2,1H3,(H3,18,19,20,21). The van der Waals surface area contributed by atoms with Crippen LogP contribution in [0.15, 0.2) is 12.1 Å². The first-order valence-electron chi connectivity index (χ1n) is 6.52. The lowest BCUT2D eigenvalue weighted by Gasteiger charge is -2.12. The molecule has 21 heavy (non-hydrogen) atoms. The Morgan fingerprint density at radius 2 is 1.86 bits per heavy atom. The van der Waals surface area contributed by atoms with E-state index in [1.165, 1.54) is 0 Å². The maximum Gasteiger partial charge on any atom is 0.196 e. The van der Waals surface area contributed by atoms with E-state index in [0.717, 1.165) is 25.0 Å². The fraction of sp³-hybridized carbons (Fsp3) is 0.286. The molecule has 7 heteroatoms. The molecule has 1 aliphatic rings. The zero-order valence-corrected chi connectivity index (χ0v) is 11.3. The Balaban J connectivity index is 2.00. The van der Waals surface area contributed by atoms with Gasteiger partial charge in [-0.25, -0.2) is 23.1 Å². The molecule has 0 saturated heterocycles. The number of rotatable bonds is 3. The van der Waals surface area contributed by atoms with Gasteiger partial charge in [-0.15, -0.1) is 0 Å². The molecule has 4 nitrogen and oxygen atoms in total. The highest BCUT2D eigenvalue weighted by molar-refractivity contribution is 5.64. The number of hydrogen-bond donors (Lipinski definition) is 2. The number of hydrogen-bond acceptors (Lipinski definition) is 4. The number of nitrogens with two attached hydrogens (primary N) is 1. The zero-order chi connectivity index (χ0) is 15.1. The first-order chi connectivity index (χ1) is 9.97. The van der Waals surface area contributed by atoms with Crippen LogP contribution in [0.25, 0.3) is 0 Å². The minimum Gasteiger partial charge on any atom is -0.383 e. The summed E-state index contributed by atoms with van der Waals surface area (Å²) in [4.78, 5) is 8.49. The average molecular weight is 294 g/mol. The number of halogens is 3. The highest BCUT2D eigenvalue weighted by Crippen LogP contribution is 2.39. The molecule has 2 aromatic rings. The second-order valence-corrected chi connectivity index (χ2v) is 5.06. The Morgan fingerprint density at radius 3 is 2.52 bits per heavy atom. The average Bonchev–Trinajstić information content (AvgIpc) is 3.28. The van der Waals surface area contributed by atoms with Gasteiger partial charge >= 0.3 is 0 Å². The molecule has 1 fully saturated rings.